The van der Waals surface area contributed by atoms with Gasteiger partial charge in [0.15, 0.2) is 21.3 Å². The van der Waals surface area contributed by atoms with Gasteiger partial charge in [-0.3, -0.25) is 0 Å². The highest BCUT2D eigenvalue weighted by molar-refractivity contribution is 7.90. The summed E-state index contributed by atoms with van der Waals surface area (Å²) in [5.41, 5.74) is 0.500. The number of carbonyl (C=O) groups is 2. The van der Waals surface area contributed by atoms with Crippen molar-refractivity contribution in [2.24, 2.45) is 0 Å². The third-order valence-electron chi connectivity index (χ3n) is 7.68. The minimum atomic E-state index is -3.47. The van der Waals surface area contributed by atoms with E-state index < -0.39 is 27.9 Å². The van der Waals surface area contributed by atoms with Crippen molar-refractivity contribution in [2.75, 3.05) is 73.0 Å². The standard InChI is InChI=1S/C31H42N2O9S/c1-38-27-21-24-22-28(29(27)39-2)40-18-5-9-25(42-31(35)23-8-4-10-26(20-23)43(3,36)37)11-15-33-13-6-12-32(16-17-33)14-7-19-41-30(24)34/h4,8,10,20-22,25H,5-7,9,11-19H2,1-3H3. The number of nitrogens with zero attached hydrogens (tertiary/aromatic N) is 2. The van der Waals surface area contributed by atoms with Crippen LogP contribution in [-0.2, 0) is 19.3 Å². The summed E-state index contributed by atoms with van der Waals surface area (Å²) in [5, 5.41) is 0. The first-order chi connectivity index (χ1) is 20.7. The lowest BCUT2D eigenvalue weighted by molar-refractivity contribution is 0.0221. The molecule has 0 radical (unpaired) electrons. The fraction of sp³-hybridized carbons (Fsp3) is 0.548. The first-order valence-electron chi connectivity index (χ1n) is 14.7. The molecule has 12 heteroatoms. The molecule has 2 heterocycles. The fourth-order valence-corrected chi connectivity index (χ4v) is 5.98. The summed E-state index contributed by atoms with van der Waals surface area (Å²) in [4.78, 5) is 30.8. The molecule has 0 saturated carbocycles. The van der Waals surface area contributed by atoms with Gasteiger partial charge in [-0.05, 0) is 75.5 Å². The molecule has 2 aromatic rings. The highest BCUT2D eigenvalue weighted by Gasteiger charge is 2.23. The molecule has 0 amide bonds. The van der Waals surface area contributed by atoms with Crippen LogP contribution in [0.2, 0.25) is 0 Å². The van der Waals surface area contributed by atoms with E-state index in [1.165, 1.54) is 26.4 Å². The molecular formula is C31H42N2O9S. The minimum absolute atomic E-state index is 0.0699. The predicted octanol–water partition coefficient (Wildman–Crippen LogP) is 3.45. The van der Waals surface area contributed by atoms with E-state index in [1.54, 1.807) is 24.3 Å². The van der Waals surface area contributed by atoms with E-state index in [4.69, 9.17) is 23.7 Å². The van der Waals surface area contributed by atoms with Gasteiger partial charge in [0.1, 0.15) is 6.10 Å². The lowest BCUT2D eigenvalue weighted by atomic mass is 10.1. The predicted molar refractivity (Wildman–Crippen MR) is 160 cm³/mol. The number of hydrogen-bond donors (Lipinski definition) is 0. The molecule has 0 spiro atoms. The number of ether oxygens (including phenoxy) is 5. The Morgan fingerprint density at radius 1 is 0.860 bits per heavy atom. The fourth-order valence-electron chi connectivity index (χ4n) is 5.32. The van der Waals surface area contributed by atoms with E-state index in [-0.39, 0.29) is 17.1 Å². The number of sulfone groups is 1. The van der Waals surface area contributed by atoms with E-state index in [0.717, 1.165) is 58.4 Å². The smallest absolute Gasteiger partial charge is 0.338 e. The summed E-state index contributed by atoms with van der Waals surface area (Å²) < 4.78 is 52.5. The van der Waals surface area contributed by atoms with Crippen LogP contribution < -0.4 is 14.2 Å². The van der Waals surface area contributed by atoms with Crippen molar-refractivity contribution in [3.63, 3.8) is 0 Å². The second-order valence-corrected chi connectivity index (χ2v) is 12.9. The highest BCUT2D eigenvalue weighted by atomic mass is 32.2. The van der Waals surface area contributed by atoms with Crippen LogP contribution in [0.1, 0.15) is 52.8 Å². The number of benzene rings is 2. The van der Waals surface area contributed by atoms with Crippen LogP contribution in [0.25, 0.3) is 0 Å². The van der Waals surface area contributed by atoms with Gasteiger partial charge in [-0.1, -0.05) is 6.07 Å². The van der Waals surface area contributed by atoms with Crippen molar-refractivity contribution in [1.82, 2.24) is 9.80 Å². The monoisotopic (exact) mass is 618 g/mol. The van der Waals surface area contributed by atoms with Crippen molar-refractivity contribution in [3.8, 4) is 17.2 Å². The molecular weight excluding hydrogens is 576 g/mol. The van der Waals surface area contributed by atoms with Gasteiger partial charge < -0.3 is 33.5 Å². The van der Waals surface area contributed by atoms with E-state index in [2.05, 4.69) is 9.80 Å². The molecule has 0 aliphatic carbocycles. The third-order valence-corrected chi connectivity index (χ3v) is 8.79. The van der Waals surface area contributed by atoms with Gasteiger partial charge in [0, 0.05) is 32.4 Å². The van der Waals surface area contributed by atoms with Crippen molar-refractivity contribution < 1.29 is 41.7 Å². The van der Waals surface area contributed by atoms with Gasteiger partial charge >= 0.3 is 11.9 Å². The van der Waals surface area contributed by atoms with Crippen LogP contribution in [-0.4, -0.2) is 109 Å². The Labute approximate surface area is 253 Å². The number of methoxy groups -OCH3 is 2. The summed E-state index contributed by atoms with van der Waals surface area (Å²) in [7, 11) is -0.476. The average molecular weight is 619 g/mol. The largest absolute Gasteiger partial charge is 0.493 e. The van der Waals surface area contributed by atoms with Crippen LogP contribution in [0.4, 0.5) is 0 Å². The number of cyclic esters (lactones) is 1. The van der Waals surface area contributed by atoms with E-state index in [0.29, 0.717) is 48.7 Å². The Morgan fingerprint density at radius 2 is 1.58 bits per heavy atom. The zero-order chi connectivity index (χ0) is 30.8. The van der Waals surface area contributed by atoms with Crippen LogP contribution in [0.5, 0.6) is 17.2 Å². The van der Waals surface area contributed by atoms with Crippen LogP contribution in [0, 0.1) is 0 Å². The lowest BCUT2D eigenvalue weighted by Crippen LogP contribution is -2.34. The first kappa shape index (κ1) is 32.6. The van der Waals surface area contributed by atoms with Gasteiger partial charge in [0.05, 0.1) is 43.5 Å². The second-order valence-electron chi connectivity index (χ2n) is 10.8. The summed E-state index contributed by atoms with van der Waals surface area (Å²) in [6, 6.07) is 9.08. The number of hydrogen-bond acceptors (Lipinski definition) is 11. The lowest BCUT2D eigenvalue weighted by Gasteiger charge is -2.24. The molecule has 1 saturated heterocycles. The molecule has 4 rings (SSSR count). The summed E-state index contributed by atoms with van der Waals surface area (Å²) in [6.45, 7) is 5.89. The van der Waals surface area contributed by atoms with E-state index >= 15 is 0 Å². The topological polar surface area (TPSA) is 121 Å². The van der Waals surface area contributed by atoms with Crippen LogP contribution >= 0.6 is 0 Å². The second kappa shape index (κ2) is 15.4. The SMILES string of the molecule is COc1cc2cc(c1OC)OCCCC(OC(=O)c1cccc(S(C)(=O)=O)c1)CCN1CCCN(CCCOC2=O)CC1. The zero-order valence-corrected chi connectivity index (χ0v) is 26.0. The third kappa shape index (κ3) is 9.32. The van der Waals surface area contributed by atoms with Gasteiger partial charge in [0.2, 0.25) is 5.75 Å². The van der Waals surface area contributed by atoms with Gasteiger partial charge in [-0.15, -0.1) is 0 Å². The first-order valence-corrected chi connectivity index (χ1v) is 16.6. The van der Waals surface area contributed by atoms with Crippen molar-refractivity contribution in [3.05, 3.63) is 47.5 Å². The Balaban J connectivity index is 1.53. The molecule has 3 atom stereocenters. The van der Waals surface area contributed by atoms with E-state index in [9.17, 15) is 18.0 Å². The Kier molecular flexibility index (Phi) is 11.7. The number of esters is 2. The molecule has 3 unspecified atom stereocenters. The number of fused-ring (bicyclic) bond motifs is 5. The Morgan fingerprint density at radius 3 is 2.30 bits per heavy atom. The van der Waals surface area contributed by atoms with Crippen LogP contribution in [0.15, 0.2) is 41.3 Å². The normalized spacial score (nSPS) is 22.5. The Bertz CT molecular complexity index is 1370. The van der Waals surface area contributed by atoms with E-state index in [1.807, 2.05) is 0 Å². The molecule has 2 aliphatic rings. The summed E-state index contributed by atoms with van der Waals surface area (Å²) >= 11 is 0. The average Bonchev–Trinajstić information content (AvgIpc) is 3.23. The molecule has 43 heavy (non-hydrogen) atoms. The highest BCUT2D eigenvalue weighted by Crippen LogP contribution is 2.39. The maximum Gasteiger partial charge on any atom is 0.338 e. The van der Waals surface area contributed by atoms with Gasteiger partial charge in [-0.2, -0.15) is 0 Å². The maximum absolute atomic E-state index is 13.1. The van der Waals surface area contributed by atoms with Crippen molar-refractivity contribution >= 4 is 21.8 Å². The summed E-state index contributed by atoms with van der Waals surface area (Å²) in [6.07, 6.45) is 4.15. The van der Waals surface area contributed by atoms with Gasteiger partial charge in [-0.25, -0.2) is 18.0 Å². The summed E-state index contributed by atoms with van der Waals surface area (Å²) in [5.74, 6) is 0.0539. The number of rotatable bonds is 5. The molecule has 0 N–H and O–H groups in total. The number of carbonyl (C=O) groups excluding carboxylic acids is 2. The molecule has 2 aromatic carbocycles. The van der Waals surface area contributed by atoms with Crippen molar-refractivity contribution in [1.29, 1.82) is 0 Å². The molecule has 1 fully saturated rings. The molecule has 11 nitrogen and oxygen atoms in total. The molecule has 236 valence electrons. The molecule has 4 bridgehead atoms. The Hall–Kier alpha value is -3.35. The van der Waals surface area contributed by atoms with Gasteiger partial charge in [0.25, 0.3) is 0 Å². The quantitative estimate of drug-likeness (QED) is 0.458. The zero-order valence-electron chi connectivity index (χ0n) is 25.2. The maximum atomic E-state index is 13.1. The molecule has 2 aliphatic heterocycles. The minimum Gasteiger partial charge on any atom is -0.493 e. The molecule has 0 aromatic heterocycles. The van der Waals surface area contributed by atoms with Crippen LogP contribution in [0.3, 0.4) is 0 Å². The van der Waals surface area contributed by atoms with Crippen molar-refractivity contribution in [2.45, 2.75) is 43.1 Å².